The smallest absolute Gasteiger partial charge is 0.119 e. The summed E-state index contributed by atoms with van der Waals surface area (Å²) in [6, 6.07) is 18.9. The molecule has 0 aliphatic carbocycles. The molecule has 24 heavy (non-hydrogen) atoms. The lowest BCUT2D eigenvalue weighted by Crippen LogP contribution is -2.22. The molecule has 0 aliphatic heterocycles. The first-order chi connectivity index (χ1) is 11.8. The van der Waals surface area contributed by atoms with Crippen molar-refractivity contribution >= 4 is 0 Å². The molecule has 1 heterocycles. The number of nitrogens with one attached hydrogen (secondary N) is 2. The molecule has 0 saturated carbocycles. The number of ether oxygens (including phenoxy) is 1. The number of hydrogen-bond donors (Lipinski definition) is 2. The molecule has 1 atom stereocenters. The number of aryl methyl sites for hydroxylation is 1. The average Bonchev–Trinajstić information content (AvgIpc) is 3.03. The maximum Gasteiger partial charge on any atom is 0.119 e. The Kier molecular flexibility index (Phi) is 5.29. The van der Waals surface area contributed by atoms with E-state index < -0.39 is 0 Å². The molecule has 0 bridgehead atoms. The van der Waals surface area contributed by atoms with Gasteiger partial charge >= 0.3 is 0 Å². The van der Waals surface area contributed by atoms with Crippen molar-refractivity contribution in [3.63, 3.8) is 0 Å². The Labute approximate surface area is 142 Å². The van der Waals surface area contributed by atoms with Crippen molar-refractivity contribution in [3.8, 4) is 5.75 Å². The molecule has 3 rings (SSSR count). The summed E-state index contributed by atoms with van der Waals surface area (Å²) in [5.41, 5.74) is 4.73. The van der Waals surface area contributed by atoms with Gasteiger partial charge in [0.05, 0.1) is 18.8 Å². The summed E-state index contributed by atoms with van der Waals surface area (Å²) in [7, 11) is 0. The molecule has 0 fully saturated rings. The zero-order valence-corrected chi connectivity index (χ0v) is 14.1. The zero-order valence-electron chi connectivity index (χ0n) is 14.1. The Morgan fingerprint density at radius 1 is 1.04 bits per heavy atom. The zero-order chi connectivity index (χ0) is 16.8. The minimum atomic E-state index is 0.121. The van der Waals surface area contributed by atoms with Gasteiger partial charge in [-0.2, -0.15) is 5.10 Å². The third-order valence-electron chi connectivity index (χ3n) is 4.09. The monoisotopic (exact) mass is 321 g/mol. The fourth-order valence-corrected chi connectivity index (χ4v) is 2.76. The fraction of sp³-hybridized carbons (Fsp3) is 0.250. The van der Waals surface area contributed by atoms with Gasteiger partial charge in [-0.05, 0) is 37.1 Å². The maximum atomic E-state index is 5.55. The Morgan fingerprint density at radius 2 is 1.75 bits per heavy atom. The summed E-state index contributed by atoms with van der Waals surface area (Å²) in [5.74, 6) is 0.902. The van der Waals surface area contributed by atoms with E-state index >= 15 is 0 Å². The first-order valence-corrected chi connectivity index (χ1v) is 8.28. The number of hydrogen-bond acceptors (Lipinski definition) is 3. The molecule has 4 heteroatoms. The SMILES string of the molecule is CCOc1ccc(C(NCc2cn[nH]c2C)c2ccccc2)cc1. The highest BCUT2D eigenvalue weighted by molar-refractivity contribution is 5.35. The molecule has 0 amide bonds. The second-order valence-corrected chi connectivity index (χ2v) is 5.75. The molecular formula is C20H23N3O. The summed E-state index contributed by atoms with van der Waals surface area (Å²) in [5, 5.41) is 10.7. The molecule has 0 spiro atoms. The lowest BCUT2D eigenvalue weighted by molar-refractivity contribution is 0.340. The minimum Gasteiger partial charge on any atom is -0.494 e. The minimum absolute atomic E-state index is 0.121. The van der Waals surface area contributed by atoms with Crippen LogP contribution in [0, 0.1) is 6.92 Å². The van der Waals surface area contributed by atoms with Crippen LogP contribution in [0.4, 0.5) is 0 Å². The topological polar surface area (TPSA) is 49.9 Å². The van der Waals surface area contributed by atoms with Crippen LogP contribution >= 0.6 is 0 Å². The molecule has 0 aliphatic rings. The van der Waals surface area contributed by atoms with Gasteiger partial charge in [0, 0.05) is 17.8 Å². The second kappa shape index (κ2) is 7.79. The standard InChI is InChI=1S/C20H23N3O/c1-3-24-19-11-9-17(10-12-19)20(16-7-5-4-6-8-16)21-13-18-14-22-23-15(18)2/h4-12,14,20-21H,3,13H2,1-2H3,(H,22,23). The lowest BCUT2D eigenvalue weighted by atomic mass is 9.98. The first-order valence-electron chi connectivity index (χ1n) is 8.28. The van der Waals surface area contributed by atoms with Crippen molar-refractivity contribution in [1.29, 1.82) is 0 Å². The van der Waals surface area contributed by atoms with E-state index in [2.05, 4.69) is 51.9 Å². The molecule has 124 valence electrons. The van der Waals surface area contributed by atoms with Crippen LogP contribution in [0.3, 0.4) is 0 Å². The number of aromatic nitrogens is 2. The van der Waals surface area contributed by atoms with Gasteiger partial charge in [0.1, 0.15) is 5.75 Å². The van der Waals surface area contributed by atoms with Crippen LogP contribution in [0.2, 0.25) is 0 Å². The average molecular weight is 321 g/mol. The molecule has 1 unspecified atom stereocenters. The number of H-pyrrole nitrogens is 1. The third kappa shape index (κ3) is 3.84. The van der Waals surface area contributed by atoms with Crippen LogP contribution in [0.15, 0.2) is 60.8 Å². The lowest BCUT2D eigenvalue weighted by Gasteiger charge is -2.20. The van der Waals surface area contributed by atoms with Crippen molar-refractivity contribution in [2.75, 3.05) is 6.61 Å². The van der Waals surface area contributed by atoms with Gasteiger partial charge in [0.15, 0.2) is 0 Å². The normalized spacial score (nSPS) is 12.1. The predicted molar refractivity (Wildman–Crippen MR) is 96.1 cm³/mol. The first kappa shape index (κ1) is 16.3. The fourth-order valence-electron chi connectivity index (χ4n) is 2.76. The number of nitrogens with zero attached hydrogens (tertiary/aromatic N) is 1. The maximum absolute atomic E-state index is 5.55. The van der Waals surface area contributed by atoms with Crippen LogP contribution < -0.4 is 10.1 Å². The highest BCUT2D eigenvalue weighted by Gasteiger charge is 2.14. The van der Waals surface area contributed by atoms with E-state index in [9.17, 15) is 0 Å². The highest BCUT2D eigenvalue weighted by atomic mass is 16.5. The highest BCUT2D eigenvalue weighted by Crippen LogP contribution is 2.24. The van der Waals surface area contributed by atoms with Crippen LogP contribution in [0.5, 0.6) is 5.75 Å². The van der Waals surface area contributed by atoms with Crippen LogP contribution in [-0.4, -0.2) is 16.8 Å². The van der Waals surface area contributed by atoms with Crippen LogP contribution in [0.1, 0.15) is 35.3 Å². The molecule has 4 nitrogen and oxygen atoms in total. The van der Waals surface area contributed by atoms with Crippen LogP contribution in [0.25, 0.3) is 0 Å². The summed E-state index contributed by atoms with van der Waals surface area (Å²) < 4.78 is 5.55. The molecule has 3 aromatic rings. The van der Waals surface area contributed by atoms with E-state index in [0.717, 1.165) is 18.0 Å². The summed E-state index contributed by atoms with van der Waals surface area (Å²) >= 11 is 0. The summed E-state index contributed by atoms with van der Waals surface area (Å²) in [6.07, 6.45) is 1.88. The molecule has 0 saturated heterocycles. The number of rotatable bonds is 7. The molecule has 0 radical (unpaired) electrons. The van der Waals surface area contributed by atoms with Gasteiger partial charge in [-0.15, -0.1) is 0 Å². The number of benzene rings is 2. The van der Waals surface area contributed by atoms with Crippen molar-refractivity contribution in [2.24, 2.45) is 0 Å². The van der Waals surface area contributed by atoms with Crippen molar-refractivity contribution in [3.05, 3.63) is 83.2 Å². The van der Waals surface area contributed by atoms with Crippen molar-refractivity contribution < 1.29 is 4.74 Å². The summed E-state index contributed by atoms with van der Waals surface area (Å²) in [4.78, 5) is 0. The van der Waals surface area contributed by atoms with Gasteiger partial charge in [0.25, 0.3) is 0 Å². The molecule has 2 N–H and O–H groups in total. The van der Waals surface area contributed by atoms with Gasteiger partial charge in [-0.25, -0.2) is 0 Å². The van der Waals surface area contributed by atoms with E-state index in [1.807, 2.05) is 38.2 Å². The van der Waals surface area contributed by atoms with E-state index in [-0.39, 0.29) is 6.04 Å². The van der Waals surface area contributed by atoms with E-state index in [1.165, 1.54) is 16.7 Å². The van der Waals surface area contributed by atoms with E-state index in [0.29, 0.717) is 6.61 Å². The second-order valence-electron chi connectivity index (χ2n) is 5.75. The number of aromatic amines is 1. The Morgan fingerprint density at radius 3 is 2.38 bits per heavy atom. The Balaban J connectivity index is 1.83. The Bertz CT molecular complexity index is 750. The quantitative estimate of drug-likeness (QED) is 0.691. The van der Waals surface area contributed by atoms with Crippen LogP contribution in [-0.2, 0) is 6.54 Å². The molecule has 1 aromatic heterocycles. The molecular weight excluding hydrogens is 298 g/mol. The van der Waals surface area contributed by atoms with Gasteiger partial charge in [-0.1, -0.05) is 42.5 Å². The van der Waals surface area contributed by atoms with Crippen molar-refractivity contribution in [1.82, 2.24) is 15.5 Å². The van der Waals surface area contributed by atoms with Gasteiger partial charge in [0.2, 0.25) is 0 Å². The van der Waals surface area contributed by atoms with E-state index in [4.69, 9.17) is 4.74 Å². The largest absolute Gasteiger partial charge is 0.494 e. The Hall–Kier alpha value is -2.59. The van der Waals surface area contributed by atoms with E-state index in [1.54, 1.807) is 0 Å². The molecule has 2 aromatic carbocycles. The van der Waals surface area contributed by atoms with Gasteiger partial charge in [-0.3, -0.25) is 5.10 Å². The van der Waals surface area contributed by atoms with Crippen molar-refractivity contribution in [2.45, 2.75) is 26.4 Å². The summed E-state index contributed by atoms with van der Waals surface area (Å²) in [6.45, 7) is 5.47. The third-order valence-corrected chi connectivity index (χ3v) is 4.09. The predicted octanol–water partition coefficient (Wildman–Crippen LogP) is 4.00. The van der Waals surface area contributed by atoms with Gasteiger partial charge < -0.3 is 10.1 Å².